The number of ether oxygens (including phenoxy) is 1. The molecule has 1 aromatic heterocycles. The first kappa shape index (κ1) is 13.0. The van der Waals surface area contributed by atoms with Crippen LogP contribution in [0.2, 0.25) is 0 Å². The first-order valence-corrected chi connectivity index (χ1v) is 5.98. The Morgan fingerprint density at radius 3 is 2.81 bits per heavy atom. The van der Waals surface area contributed by atoms with E-state index >= 15 is 0 Å². The van der Waals surface area contributed by atoms with Crippen molar-refractivity contribution in [3.63, 3.8) is 0 Å². The molecule has 0 radical (unpaired) electrons. The fourth-order valence-electron chi connectivity index (χ4n) is 1.54. The van der Waals surface area contributed by atoms with Crippen LogP contribution in [0.4, 0.5) is 0 Å². The topological polar surface area (TPSA) is 34.1 Å². The van der Waals surface area contributed by atoms with Gasteiger partial charge in [0.2, 0.25) is 5.88 Å². The van der Waals surface area contributed by atoms with Crippen LogP contribution in [0.1, 0.15) is 38.7 Å². The molecule has 0 bridgehead atoms. The Hall–Kier alpha value is -1.09. The lowest BCUT2D eigenvalue weighted by molar-refractivity contribution is 0.397. The van der Waals surface area contributed by atoms with E-state index in [9.17, 15) is 0 Å². The molecular formula is C13H22N2O. The number of unbranched alkanes of at least 4 members (excludes halogenated alkanes) is 1. The number of aromatic nitrogens is 1. The summed E-state index contributed by atoms with van der Waals surface area (Å²) >= 11 is 0. The van der Waals surface area contributed by atoms with E-state index in [2.05, 4.69) is 24.1 Å². The summed E-state index contributed by atoms with van der Waals surface area (Å²) < 4.78 is 5.02. The standard InChI is InChI=1S/C13H22N2O/c1-4-5-6-11(2)14-9-12-7-8-13(16-3)15-10-12/h7-8,10-11,14H,4-6,9H2,1-3H3. The van der Waals surface area contributed by atoms with Crippen LogP contribution in [0.5, 0.6) is 5.88 Å². The van der Waals surface area contributed by atoms with Crippen LogP contribution in [0.25, 0.3) is 0 Å². The van der Waals surface area contributed by atoms with Gasteiger partial charge >= 0.3 is 0 Å². The van der Waals surface area contributed by atoms with Gasteiger partial charge in [-0.05, 0) is 18.9 Å². The van der Waals surface area contributed by atoms with Crippen molar-refractivity contribution in [1.82, 2.24) is 10.3 Å². The van der Waals surface area contributed by atoms with Crippen LogP contribution < -0.4 is 10.1 Å². The summed E-state index contributed by atoms with van der Waals surface area (Å²) in [6.45, 7) is 5.33. The van der Waals surface area contributed by atoms with Crippen molar-refractivity contribution in [1.29, 1.82) is 0 Å². The summed E-state index contributed by atoms with van der Waals surface area (Å²) in [7, 11) is 1.63. The minimum atomic E-state index is 0.571. The Morgan fingerprint density at radius 2 is 2.25 bits per heavy atom. The largest absolute Gasteiger partial charge is 0.481 e. The molecule has 0 spiro atoms. The second kappa shape index (κ2) is 7.23. The van der Waals surface area contributed by atoms with Gasteiger partial charge in [0, 0.05) is 24.8 Å². The molecule has 16 heavy (non-hydrogen) atoms. The second-order valence-electron chi connectivity index (χ2n) is 4.13. The van der Waals surface area contributed by atoms with Crippen molar-refractivity contribution < 1.29 is 4.74 Å². The van der Waals surface area contributed by atoms with E-state index in [1.807, 2.05) is 18.3 Å². The van der Waals surface area contributed by atoms with Crippen LogP contribution in [0.3, 0.4) is 0 Å². The van der Waals surface area contributed by atoms with Gasteiger partial charge in [0.05, 0.1) is 7.11 Å². The number of methoxy groups -OCH3 is 1. The fraction of sp³-hybridized carbons (Fsp3) is 0.615. The van der Waals surface area contributed by atoms with Gasteiger partial charge in [-0.2, -0.15) is 0 Å². The summed E-state index contributed by atoms with van der Waals surface area (Å²) in [5, 5.41) is 3.49. The summed E-state index contributed by atoms with van der Waals surface area (Å²) in [5.41, 5.74) is 1.20. The van der Waals surface area contributed by atoms with E-state index in [0.29, 0.717) is 11.9 Å². The van der Waals surface area contributed by atoms with E-state index in [1.54, 1.807) is 7.11 Å². The normalized spacial score (nSPS) is 12.4. The first-order chi connectivity index (χ1) is 7.76. The molecule has 1 atom stereocenters. The van der Waals surface area contributed by atoms with E-state index in [-0.39, 0.29) is 0 Å². The lowest BCUT2D eigenvalue weighted by Gasteiger charge is -2.13. The van der Waals surface area contributed by atoms with Crippen molar-refractivity contribution >= 4 is 0 Å². The van der Waals surface area contributed by atoms with Gasteiger partial charge in [-0.3, -0.25) is 0 Å². The second-order valence-corrected chi connectivity index (χ2v) is 4.13. The van der Waals surface area contributed by atoms with Crippen molar-refractivity contribution in [2.24, 2.45) is 0 Å². The summed E-state index contributed by atoms with van der Waals surface area (Å²) in [5.74, 6) is 0.669. The van der Waals surface area contributed by atoms with Gasteiger partial charge in [0.25, 0.3) is 0 Å². The zero-order chi connectivity index (χ0) is 11.8. The maximum Gasteiger partial charge on any atom is 0.212 e. The van der Waals surface area contributed by atoms with E-state index < -0.39 is 0 Å². The Bertz CT molecular complexity index is 284. The molecule has 0 aliphatic carbocycles. The van der Waals surface area contributed by atoms with E-state index in [1.165, 1.54) is 24.8 Å². The molecule has 1 unspecified atom stereocenters. The minimum Gasteiger partial charge on any atom is -0.481 e. The Labute approximate surface area is 98.2 Å². The monoisotopic (exact) mass is 222 g/mol. The molecule has 1 N–H and O–H groups in total. The van der Waals surface area contributed by atoms with Gasteiger partial charge in [-0.25, -0.2) is 4.98 Å². The Balaban J connectivity index is 2.30. The average Bonchev–Trinajstić information content (AvgIpc) is 2.34. The highest BCUT2D eigenvalue weighted by Gasteiger charge is 2.01. The first-order valence-electron chi connectivity index (χ1n) is 5.98. The van der Waals surface area contributed by atoms with Crippen LogP contribution in [-0.2, 0) is 6.54 Å². The quantitative estimate of drug-likeness (QED) is 0.770. The van der Waals surface area contributed by atoms with Crippen LogP contribution in [0.15, 0.2) is 18.3 Å². The molecule has 3 heteroatoms. The summed E-state index contributed by atoms with van der Waals surface area (Å²) in [4.78, 5) is 4.18. The zero-order valence-electron chi connectivity index (χ0n) is 10.5. The number of hydrogen-bond acceptors (Lipinski definition) is 3. The summed E-state index contributed by atoms with van der Waals surface area (Å²) in [6, 6.07) is 4.51. The Kier molecular flexibility index (Phi) is 5.86. The zero-order valence-corrected chi connectivity index (χ0v) is 10.5. The summed E-state index contributed by atoms with van der Waals surface area (Å²) in [6.07, 6.45) is 5.64. The van der Waals surface area contributed by atoms with Crippen molar-refractivity contribution in [3.8, 4) is 5.88 Å². The number of hydrogen-bond donors (Lipinski definition) is 1. The maximum atomic E-state index is 5.02. The molecular weight excluding hydrogens is 200 g/mol. The highest BCUT2D eigenvalue weighted by atomic mass is 16.5. The van der Waals surface area contributed by atoms with Crippen molar-refractivity contribution in [3.05, 3.63) is 23.9 Å². The van der Waals surface area contributed by atoms with Gasteiger partial charge in [0.1, 0.15) is 0 Å². The SMILES string of the molecule is CCCCC(C)NCc1ccc(OC)nc1. The average molecular weight is 222 g/mol. The molecule has 0 fully saturated rings. The van der Waals surface area contributed by atoms with Gasteiger partial charge < -0.3 is 10.1 Å². The van der Waals surface area contributed by atoms with Gasteiger partial charge in [0.15, 0.2) is 0 Å². The molecule has 3 nitrogen and oxygen atoms in total. The minimum absolute atomic E-state index is 0.571. The molecule has 90 valence electrons. The highest BCUT2D eigenvalue weighted by molar-refractivity contribution is 5.17. The molecule has 0 saturated heterocycles. The lowest BCUT2D eigenvalue weighted by Crippen LogP contribution is -2.25. The molecule has 0 amide bonds. The van der Waals surface area contributed by atoms with Gasteiger partial charge in [-0.15, -0.1) is 0 Å². The van der Waals surface area contributed by atoms with Crippen LogP contribution >= 0.6 is 0 Å². The number of pyridine rings is 1. The molecule has 0 saturated carbocycles. The number of rotatable bonds is 7. The third-order valence-corrected chi connectivity index (χ3v) is 2.65. The molecule has 0 aliphatic heterocycles. The molecule has 1 heterocycles. The van der Waals surface area contributed by atoms with Crippen LogP contribution in [0, 0.1) is 0 Å². The van der Waals surface area contributed by atoms with Crippen molar-refractivity contribution in [2.75, 3.05) is 7.11 Å². The maximum absolute atomic E-state index is 5.02. The van der Waals surface area contributed by atoms with Crippen LogP contribution in [-0.4, -0.2) is 18.1 Å². The lowest BCUT2D eigenvalue weighted by atomic mass is 10.1. The third kappa shape index (κ3) is 4.62. The molecule has 1 aromatic rings. The third-order valence-electron chi connectivity index (χ3n) is 2.65. The fourth-order valence-corrected chi connectivity index (χ4v) is 1.54. The van der Waals surface area contributed by atoms with Gasteiger partial charge in [-0.1, -0.05) is 25.8 Å². The molecule has 1 rings (SSSR count). The van der Waals surface area contributed by atoms with E-state index in [4.69, 9.17) is 4.74 Å². The Morgan fingerprint density at radius 1 is 1.44 bits per heavy atom. The highest BCUT2D eigenvalue weighted by Crippen LogP contribution is 2.07. The number of nitrogens with one attached hydrogen (secondary N) is 1. The molecule has 0 aromatic carbocycles. The van der Waals surface area contributed by atoms with E-state index in [0.717, 1.165) is 6.54 Å². The molecule has 0 aliphatic rings. The predicted molar refractivity (Wildman–Crippen MR) is 66.6 cm³/mol. The predicted octanol–water partition coefficient (Wildman–Crippen LogP) is 2.76. The number of nitrogens with zero attached hydrogens (tertiary/aromatic N) is 1. The smallest absolute Gasteiger partial charge is 0.212 e. The van der Waals surface area contributed by atoms with Crippen molar-refractivity contribution in [2.45, 2.75) is 45.7 Å².